The van der Waals surface area contributed by atoms with Crippen LogP contribution < -0.4 is 9.47 Å². The Morgan fingerprint density at radius 2 is 2.00 bits per heavy atom. The summed E-state index contributed by atoms with van der Waals surface area (Å²) >= 11 is 0. The lowest BCUT2D eigenvalue weighted by molar-refractivity contribution is -0.316. The van der Waals surface area contributed by atoms with Gasteiger partial charge in [-0.25, -0.2) is 4.79 Å². The largest absolute Gasteiger partial charge is 0.490 e. The average molecular weight is 332 g/mol. The second-order valence-electron chi connectivity index (χ2n) is 4.63. The number of para-hydroxylation sites is 1. The van der Waals surface area contributed by atoms with E-state index in [4.69, 9.17) is 9.47 Å². The monoisotopic (exact) mass is 332 g/mol. The van der Waals surface area contributed by atoms with Gasteiger partial charge < -0.3 is 19.3 Å². The van der Waals surface area contributed by atoms with Gasteiger partial charge in [-0.2, -0.15) is 13.2 Å². The smallest absolute Gasteiger partial charge is 0.460 e. The maximum Gasteiger partial charge on any atom is 0.460 e. The van der Waals surface area contributed by atoms with Crippen LogP contribution in [0.25, 0.3) is 6.08 Å². The van der Waals surface area contributed by atoms with Crippen LogP contribution in [0.4, 0.5) is 13.2 Å². The summed E-state index contributed by atoms with van der Waals surface area (Å²) in [6, 6.07) is 4.37. The standard InChI is InChI=1S/C15H15F3O5/c1-3-21-11-7-5-6-9-8-10(13(19)22-4-2)14(20,15(16,17)18)23-12(9)11/h5-8,20H,3-4H2,1-2H3. The molecule has 1 aliphatic heterocycles. The van der Waals surface area contributed by atoms with Crippen molar-refractivity contribution in [2.45, 2.75) is 25.8 Å². The fraction of sp³-hybridized carbons (Fsp3) is 0.400. The van der Waals surface area contributed by atoms with Crippen molar-refractivity contribution >= 4 is 12.0 Å². The molecule has 126 valence electrons. The van der Waals surface area contributed by atoms with Gasteiger partial charge in [0.2, 0.25) is 0 Å². The molecular formula is C15H15F3O5. The molecule has 1 N–H and O–H groups in total. The molecule has 1 heterocycles. The van der Waals surface area contributed by atoms with Crippen LogP contribution in [-0.4, -0.2) is 36.3 Å². The van der Waals surface area contributed by atoms with Gasteiger partial charge in [0, 0.05) is 5.56 Å². The number of halogens is 3. The fourth-order valence-electron chi connectivity index (χ4n) is 2.10. The first-order chi connectivity index (χ1) is 10.7. The molecule has 2 rings (SSSR count). The molecule has 0 saturated carbocycles. The summed E-state index contributed by atoms with van der Waals surface area (Å²) in [7, 11) is 0. The summed E-state index contributed by atoms with van der Waals surface area (Å²) in [4.78, 5) is 11.8. The summed E-state index contributed by atoms with van der Waals surface area (Å²) in [5, 5.41) is 10.0. The van der Waals surface area contributed by atoms with Gasteiger partial charge in [0.25, 0.3) is 0 Å². The molecular weight excluding hydrogens is 317 g/mol. The highest BCUT2D eigenvalue weighted by molar-refractivity contribution is 5.97. The molecule has 1 atom stereocenters. The fourth-order valence-corrected chi connectivity index (χ4v) is 2.10. The van der Waals surface area contributed by atoms with E-state index >= 15 is 0 Å². The van der Waals surface area contributed by atoms with Crippen LogP contribution in [0.1, 0.15) is 19.4 Å². The lowest BCUT2D eigenvalue weighted by Crippen LogP contribution is -2.55. The zero-order valence-electron chi connectivity index (χ0n) is 12.4. The molecule has 0 aromatic heterocycles. The van der Waals surface area contributed by atoms with E-state index in [1.54, 1.807) is 6.92 Å². The van der Waals surface area contributed by atoms with Crippen LogP contribution in [-0.2, 0) is 9.53 Å². The molecule has 1 aromatic carbocycles. The minimum atomic E-state index is -5.25. The van der Waals surface area contributed by atoms with Crippen molar-refractivity contribution in [2.75, 3.05) is 13.2 Å². The second kappa shape index (κ2) is 6.11. The zero-order valence-corrected chi connectivity index (χ0v) is 12.4. The van der Waals surface area contributed by atoms with E-state index in [9.17, 15) is 23.1 Å². The minimum Gasteiger partial charge on any atom is -0.490 e. The van der Waals surface area contributed by atoms with Crippen LogP contribution in [0.3, 0.4) is 0 Å². The molecule has 0 bridgehead atoms. The number of hydrogen-bond donors (Lipinski definition) is 1. The van der Waals surface area contributed by atoms with Crippen molar-refractivity contribution in [2.24, 2.45) is 0 Å². The van der Waals surface area contributed by atoms with Gasteiger partial charge in [0.15, 0.2) is 11.5 Å². The van der Waals surface area contributed by atoms with Crippen LogP contribution >= 0.6 is 0 Å². The summed E-state index contributed by atoms with van der Waals surface area (Å²) in [5.74, 6) is -5.37. The van der Waals surface area contributed by atoms with Crippen molar-refractivity contribution in [3.8, 4) is 11.5 Å². The molecule has 1 aliphatic rings. The Morgan fingerprint density at radius 3 is 2.57 bits per heavy atom. The van der Waals surface area contributed by atoms with E-state index in [2.05, 4.69) is 4.74 Å². The highest BCUT2D eigenvalue weighted by Gasteiger charge is 2.63. The molecule has 0 spiro atoms. The number of fused-ring (bicyclic) bond motifs is 1. The van der Waals surface area contributed by atoms with Gasteiger partial charge in [0.1, 0.15) is 5.57 Å². The molecule has 8 heteroatoms. The second-order valence-corrected chi connectivity index (χ2v) is 4.63. The first-order valence-corrected chi connectivity index (χ1v) is 6.87. The van der Waals surface area contributed by atoms with Crippen LogP contribution in [0.2, 0.25) is 0 Å². The predicted molar refractivity (Wildman–Crippen MR) is 73.9 cm³/mol. The number of carbonyl (C=O) groups excluding carboxylic acids is 1. The van der Waals surface area contributed by atoms with Gasteiger partial charge in [-0.3, -0.25) is 0 Å². The first kappa shape index (κ1) is 17.1. The van der Waals surface area contributed by atoms with Gasteiger partial charge in [-0.05, 0) is 26.0 Å². The van der Waals surface area contributed by atoms with E-state index in [1.165, 1.54) is 25.1 Å². The summed E-state index contributed by atoms with van der Waals surface area (Å²) in [6.45, 7) is 3.14. The molecule has 0 radical (unpaired) electrons. The predicted octanol–water partition coefficient (Wildman–Crippen LogP) is 2.68. The maximum atomic E-state index is 13.3. The normalized spacial score (nSPS) is 20.2. The number of benzene rings is 1. The van der Waals surface area contributed by atoms with Gasteiger partial charge >= 0.3 is 17.9 Å². The Morgan fingerprint density at radius 1 is 1.30 bits per heavy atom. The number of alkyl halides is 3. The molecule has 0 saturated heterocycles. The van der Waals surface area contributed by atoms with Crippen molar-refractivity contribution in [3.63, 3.8) is 0 Å². The van der Waals surface area contributed by atoms with E-state index in [0.717, 1.165) is 6.08 Å². The third-order valence-corrected chi connectivity index (χ3v) is 3.10. The number of carbonyl (C=O) groups is 1. The molecule has 1 unspecified atom stereocenters. The molecule has 0 fully saturated rings. The minimum absolute atomic E-state index is 0.0341. The lowest BCUT2D eigenvalue weighted by atomic mass is 9.97. The number of rotatable bonds is 4. The van der Waals surface area contributed by atoms with Crippen molar-refractivity contribution < 1.29 is 37.3 Å². The highest BCUT2D eigenvalue weighted by atomic mass is 19.4. The van der Waals surface area contributed by atoms with E-state index in [-0.39, 0.29) is 30.3 Å². The van der Waals surface area contributed by atoms with Crippen LogP contribution in [0, 0.1) is 0 Å². The Hall–Kier alpha value is -2.22. The van der Waals surface area contributed by atoms with Gasteiger partial charge in [-0.1, -0.05) is 12.1 Å². The summed E-state index contributed by atoms with van der Waals surface area (Å²) in [5.41, 5.74) is -0.860. The number of hydrogen-bond acceptors (Lipinski definition) is 5. The number of esters is 1. The summed E-state index contributed by atoms with van der Waals surface area (Å²) < 4.78 is 54.5. The Bertz CT molecular complexity index is 638. The molecule has 23 heavy (non-hydrogen) atoms. The van der Waals surface area contributed by atoms with Crippen molar-refractivity contribution in [1.82, 2.24) is 0 Å². The highest BCUT2D eigenvalue weighted by Crippen LogP contribution is 2.47. The maximum absolute atomic E-state index is 13.3. The van der Waals surface area contributed by atoms with Crippen LogP contribution in [0.15, 0.2) is 23.8 Å². The van der Waals surface area contributed by atoms with Gasteiger partial charge in [0.05, 0.1) is 13.2 Å². The third-order valence-electron chi connectivity index (χ3n) is 3.10. The zero-order chi connectivity index (χ0) is 17.3. The lowest BCUT2D eigenvalue weighted by Gasteiger charge is -2.35. The summed E-state index contributed by atoms with van der Waals surface area (Å²) in [6.07, 6.45) is -4.35. The molecule has 0 aliphatic carbocycles. The van der Waals surface area contributed by atoms with Crippen LogP contribution in [0.5, 0.6) is 11.5 Å². The Balaban J connectivity index is 2.61. The Kier molecular flexibility index (Phi) is 4.56. The first-order valence-electron chi connectivity index (χ1n) is 6.87. The number of aliphatic hydroxyl groups is 1. The SMILES string of the molecule is CCOC(=O)C1=Cc2cccc(OCC)c2OC1(O)C(F)(F)F. The van der Waals surface area contributed by atoms with E-state index < -0.39 is 23.5 Å². The molecule has 0 amide bonds. The quantitative estimate of drug-likeness (QED) is 0.859. The third kappa shape index (κ3) is 2.98. The van der Waals surface area contributed by atoms with Crippen molar-refractivity contribution in [1.29, 1.82) is 0 Å². The van der Waals surface area contributed by atoms with Crippen molar-refractivity contribution in [3.05, 3.63) is 29.3 Å². The molecule has 5 nitrogen and oxygen atoms in total. The van der Waals surface area contributed by atoms with E-state index in [1.807, 2.05) is 0 Å². The van der Waals surface area contributed by atoms with Gasteiger partial charge in [-0.15, -0.1) is 0 Å². The molecule has 1 aromatic rings. The number of ether oxygens (including phenoxy) is 3. The van der Waals surface area contributed by atoms with E-state index in [0.29, 0.717) is 0 Å². The average Bonchev–Trinajstić information content (AvgIpc) is 2.46. The topological polar surface area (TPSA) is 65.0 Å². The Labute approximate surface area is 130 Å².